The lowest BCUT2D eigenvalue weighted by atomic mass is 10.0. The van der Waals surface area contributed by atoms with E-state index in [9.17, 15) is 9.59 Å². The van der Waals surface area contributed by atoms with Gasteiger partial charge in [-0.05, 0) is 35.7 Å². The molecule has 3 aromatic rings. The zero-order chi connectivity index (χ0) is 23.5. The van der Waals surface area contributed by atoms with E-state index in [0.29, 0.717) is 24.7 Å². The monoisotopic (exact) mass is 447 g/mol. The first-order chi connectivity index (χ1) is 16.0. The first-order valence-corrected chi connectivity index (χ1v) is 10.9. The molecule has 0 saturated carbocycles. The molecular formula is C27H29NO5. The maximum Gasteiger partial charge on any atom is 0.328 e. The third kappa shape index (κ3) is 7.68. The Morgan fingerprint density at radius 1 is 0.788 bits per heavy atom. The standard InChI is InChI=1S/C27H29NO5/c1-3-31-27(30)24(28-20(2)29)16-23-14-15-25(32-18-21-10-6-4-7-11-21)26(17-23)33-19-22-12-8-5-9-13-22/h4-15,17,24H,3,16,18-19H2,1-2H3,(H,28,29). The lowest BCUT2D eigenvalue weighted by molar-refractivity contribution is -0.147. The summed E-state index contributed by atoms with van der Waals surface area (Å²) in [6, 6.07) is 24.5. The number of ether oxygens (including phenoxy) is 3. The van der Waals surface area contributed by atoms with E-state index in [1.807, 2.05) is 78.9 Å². The van der Waals surface area contributed by atoms with Crippen molar-refractivity contribution < 1.29 is 23.8 Å². The van der Waals surface area contributed by atoms with Crippen molar-refractivity contribution in [1.82, 2.24) is 5.32 Å². The molecule has 1 N–H and O–H groups in total. The van der Waals surface area contributed by atoms with Gasteiger partial charge in [-0.25, -0.2) is 4.79 Å². The summed E-state index contributed by atoms with van der Waals surface area (Å²) >= 11 is 0. The third-order valence-corrected chi connectivity index (χ3v) is 4.87. The predicted molar refractivity (Wildman–Crippen MR) is 126 cm³/mol. The van der Waals surface area contributed by atoms with Gasteiger partial charge in [0.15, 0.2) is 11.5 Å². The highest BCUT2D eigenvalue weighted by Gasteiger charge is 2.22. The smallest absolute Gasteiger partial charge is 0.328 e. The molecule has 0 aliphatic heterocycles. The number of carbonyl (C=O) groups excluding carboxylic acids is 2. The fraction of sp³-hybridized carbons (Fsp3) is 0.259. The second-order valence-corrected chi connectivity index (χ2v) is 7.54. The fourth-order valence-electron chi connectivity index (χ4n) is 3.30. The summed E-state index contributed by atoms with van der Waals surface area (Å²) in [6.07, 6.45) is 0.277. The summed E-state index contributed by atoms with van der Waals surface area (Å²) in [7, 11) is 0. The number of hydrogen-bond acceptors (Lipinski definition) is 5. The van der Waals surface area contributed by atoms with Crippen LogP contribution < -0.4 is 14.8 Å². The first kappa shape index (κ1) is 23.9. The molecule has 0 aliphatic carbocycles. The molecule has 6 nitrogen and oxygen atoms in total. The second kappa shape index (κ2) is 12.3. The van der Waals surface area contributed by atoms with E-state index < -0.39 is 12.0 Å². The Bertz CT molecular complexity index is 1040. The van der Waals surface area contributed by atoms with Crippen molar-refractivity contribution >= 4 is 11.9 Å². The zero-order valence-corrected chi connectivity index (χ0v) is 19.0. The number of esters is 1. The lowest BCUT2D eigenvalue weighted by Gasteiger charge is -2.18. The van der Waals surface area contributed by atoms with Crippen LogP contribution in [0.4, 0.5) is 0 Å². The van der Waals surface area contributed by atoms with E-state index in [1.54, 1.807) is 6.92 Å². The number of benzene rings is 3. The summed E-state index contributed by atoms with van der Waals surface area (Å²) in [5.74, 6) is 0.406. The summed E-state index contributed by atoms with van der Waals surface area (Å²) in [6.45, 7) is 4.13. The molecule has 3 rings (SSSR count). The van der Waals surface area contributed by atoms with Gasteiger partial charge in [-0.1, -0.05) is 66.7 Å². The molecule has 0 aliphatic rings. The summed E-state index contributed by atoms with van der Waals surface area (Å²) in [5.41, 5.74) is 2.89. The molecule has 172 valence electrons. The van der Waals surface area contributed by atoms with Crippen LogP contribution in [0.1, 0.15) is 30.5 Å². The van der Waals surface area contributed by atoms with Crippen molar-refractivity contribution in [2.75, 3.05) is 6.61 Å². The van der Waals surface area contributed by atoms with Crippen LogP contribution >= 0.6 is 0 Å². The molecule has 0 heterocycles. The van der Waals surface area contributed by atoms with Crippen LogP contribution in [0.5, 0.6) is 11.5 Å². The molecule has 0 aromatic heterocycles. The van der Waals surface area contributed by atoms with E-state index in [1.165, 1.54) is 6.92 Å². The van der Waals surface area contributed by atoms with Crippen LogP contribution in [0, 0.1) is 0 Å². The van der Waals surface area contributed by atoms with Gasteiger partial charge in [0.2, 0.25) is 5.91 Å². The third-order valence-electron chi connectivity index (χ3n) is 4.87. The van der Waals surface area contributed by atoms with Crippen LogP contribution in [-0.4, -0.2) is 24.5 Å². The van der Waals surface area contributed by atoms with Gasteiger partial charge in [0, 0.05) is 13.3 Å². The van der Waals surface area contributed by atoms with Gasteiger partial charge < -0.3 is 19.5 Å². The quantitative estimate of drug-likeness (QED) is 0.440. The number of hydrogen-bond donors (Lipinski definition) is 1. The van der Waals surface area contributed by atoms with Gasteiger partial charge >= 0.3 is 5.97 Å². The minimum atomic E-state index is -0.777. The highest BCUT2D eigenvalue weighted by molar-refractivity contribution is 5.83. The van der Waals surface area contributed by atoms with Crippen molar-refractivity contribution in [1.29, 1.82) is 0 Å². The molecule has 6 heteroatoms. The maximum atomic E-state index is 12.3. The molecule has 1 amide bonds. The minimum Gasteiger partial charge on any atom is -0.485 e. The summed E-state index contributed by atoms with van der Waals surface area (Å²) in [4.78, 5) is 23.9. The largest absolute Gasteiger partial charge is 0.485 e. The number of amides is 1. The summed E-state index contributed by atoms with van der Waals surface area (Å²) in [5, 5.41) is 2.67. The SMILES string of the molecule is CCOC(=O)C(Cc1ccc(OCc2ccccc2)c(OCc2ccccc2)c1)NC(C)=O. The Labute approximate surface area is 194 Å². The molecule has 3 aromatic carbocycles. The van der Waals surface area contributed by atoms with Crippen LogP contribution in [0.3, 0.4) is 0 Å². The number of carbonyl (C=O) groups is 2. The predicted octanol–water partition coefficient (Wildman–Crippen LogP) is 4.45. The lowest BCUT2D eigenvalue weighted by Crippen LogP contribution is -2.42. The van der Waals surface area contributed by atoms with Gasteiger partial charge in [-0.3, -0.25) is 4.79 Å². The Balaban J connectivity index is 1.80. The second-order valence-electron chi connectivity index (χ2n) is 7.54. The molecule has 0 spiro atoms. The highest BCUT2D eigenvalue weighted by atomic mass is 16.5. The minimum absolute atomic E-state index is 0.243. The Morgan fingerprint density at radius 2 is 1.36 bits per heavy atom. The van der Waals surface area contributed by atoms with Gasteiger partial charge in [-0.15, -0.1) is 0 Å². The molecular weight excluding hydrogens is 418 g/mol. The van der Waals surface area contributed by atoms with Crippen molar-refractivity contribution in [2.45, 2.75) is 39.5 Å². The van der Waals surface area contributed by atoms with E-state index in [-0.39, 0.29) is 18.9 Å². The maximum absolute atomic E-state index is 12.3. The first-order valence-electron chi connectivity index (χ1n) is 10.9. The van der Waals surface area contributed by atoms with Crippen molar-refractivity contribution in [3.05, 3.63) is 95.6 Å². The molecule has 1 atom stereocenters. The Hall–Kier alpha value is -3.80. The highest BCUT2D eigenvalue weighted by Crippen LogP contribution is 2.30. The normalized spacial score (nSPS) is 11.3. The topological polar surface area (TPSA) is 73.9 Å². The van der Waals surface area contributed by atoms with Crippen molar-refractivity contribution in [3.8, 4) is 11.5 Å². The van der Waals surface area contributed by atoms with E-state index in [2.05, 4.69) is 5.32 Å². The van der Waals surface area contributed by atoms with Gasteiger partial charge in [0.05, 0.1) is 6.61 Å². The van der Waals surface area contributed by atoms with E-state index >= 15 is 0 Å². The molecule has 33 heavy (non-hydrogen) atoms. The van der Waals surface area contributed by atoms with E-state index in [4.69, 9.17) is 14.2 Å². The molecule has 0 bridgehead atoms. The van der Waals surface area contributed by atoms with Crippen LogP contribution in [-0.2, 0) is 34.0 Å². The van der Waals surface area contributed by atoms with Crippen LogP contribution in [0.15, 0.2) is 78.9 Å². The molecule has 0 saturated heterocycles. The van der Waals surface area contributed by atoms with Crippen LogP contribution in [0.2, 0.25) is 0 Å². The fourth-order valence-corrected chi connectivity index (χ4v) is 3.30. The van der Waals surface area contributed by atoms with Crippen LogP contribution in [0.25, 0.3) is 0 Å². The van der Waals surface area contributed by atoms with Gasteiger partial charge in [0.1, 0.15) is 19.3 Å². The number of nitrogens with one attached hydrogen (secondary N) is 1. The summed E-state index contributed by atoms with van der Waals surface area (Å²) < 4.78 is 17.2. The zero-order valence-electron chi connectivity index (χ0n) is 19.0. The van der Waals surface area contributed by atoms with Crippen molar-refractivity contribution in [3.63, 3.8) is 0 Å². The Kier molecular flexibility index (Phi) is 8.88. The van der Waals surface area contributed by atoms with Gasteiger partial charge in [-0.2, -0.15) is 0 Å². The number of rotatable bonds is 11. The average molecular weight is 448 g/mol. The Morgan fingerprint density at radius 3 is 1.91 bits per heavy atom. The molecule has 0 radical (unpaired) electrons. The average Bonchev–Trinajstić information content (AvgIpc) is 2.83. The van der Waals surface area contributed by atoms with E-state index in [0.717, 1.165) is 16.7 Å². The molecule has 0 fully saturated rings. The van der Waals surface area contributed by atoms with Gasteiger partial charge in [0.25, 0.3) is 0 Å². The molecule has 1 unspecified atom stereocenters. The van der Waals surface area contributed by atoms with Crippen molar-refractivity contribution in [2.24, 2.45) is 0 Å².